The Hall–Kier alpha value is -3.51. The Morgan fingerprint density at radius 2 is 2.06 bits per heavy atom. The van der Waals surface area contributed by atoms with E-state index in [9.17, 15) is 14.7 Å². The molecule has 0 spiro atoms. The molecule has 190 valence electrons. The quantitative estimate of drug-likeness (QED) is 0.528. The predicted octanol–water partition coefficient (Wildman–Crippen LogP) is 5.04. The van der Waals surface area contributed by atoms with Crippen molar-refractivity contribution < 1.29 is 24.9 Å². The SMILES string of the molecule is [2H]C1=C(c2nc(C3CC(C)(C)OC(C)(C(=O)O)C3)ccc2NC(=O)c2ncc(C#N)[nH]2)C([2H])([2H])CC(C)(C)C1[2H]. The van der Waals surface area contributed by atoms with Gasteiger partial charge in [0.1, 0.15) is 11.8 Å². The first-order chi connectivity index (χ1) is 18.4. The maximum Gasteiger partial charge on any atom is 0.335 e. The Balaban J connectivity index is 1.86. The monoisotopic (exact) mass is 495 g/mol. The number of ether oxygens (including phenoxy) is 1. The maximum atomic E-state index is 13.0. The van der Waals surface area contributed by atoms with E-state index in [4.69, 9.17) is 20.5 Å². The fourth-order valence-corrected chi connectivity index (χ4v) is 4.67. The van der Waals surface area contributed by atoms with E-state index >= 15 is 0 Å². The summed E-state index contributed by atoms with van der Waals surface area (Å²) in [6.45, 7) is 8.58. The maximum absolute atomic E-state index is 13.0. The average molecular weight is 496 g/mol. The summed E-state index contributed by atoms with van der Waals surface area (Å²) >= 11 is 0. The molecule has 2 aromatic heterocycles. The molecule has 0 radical (unpaired) electrons. The Labute approximate surface area is 216 Å². The van der Waals surface area contributed by atoms with Gasteiger partial charge in [-0.3, -0.25) is 9.78 Å². The molecule has 0 bridgehead atoms. The summed E-state index contributed by atoms with van der Waals surface area (Å²) in [6.07, 6.45) is -1.38. The first-order valence-electron chi connectivity index (χ1n) is 13.8. The molecule has 9 heteroatoms. The molecule has 0 aromatic carbocycles. The number of allylic oxidation sites excluding steroid dienone is 2. The van der Waals surface area contributed by atoms with E-state index in [1.54, 1.807) is 39.8 Å². The molecule has 4 rings (SSSR count). The third-order valence-corrected chi connectivity index (χ3v) is 6.39. The minimum Gasteiger partial charge on any atom is -0.479 e. The van der Waals surface area contributed by atoms with Crippen molar-refractivity contribution in [2.75, 3.05) is 5.32 Å². The van der Waals surface area contributed by atoms with Crippen LogP contribution in [0.2, 0.25) is 0 Å². The lowest BCUT2D eigenvalue weighted by Gasteiger charge is -2.44. The summed E-state index contributed by atoms with van der Waals surface area (Å²) in [5, 5.41) is 21.6. The Morgan fingerprint density at radius 1 is 1.31 bits per heavy atom. The second-order valence-corrected chi connectivity index (χ2v) is 10.9. The number of anilines is 1. The van der Waals surface area contributed by atoms with E-state index in [1.807, 2.05) is 6.07 Å². The molecule has 2 aromatic rings. The zero-order valence-electron chi connectivity index (χ0n) is 25.0. The lowest BCUT2D eigenvalue weighted by atomic mass is 9.77. The van der Waals surface area contributed by atoms with E-state index in [2.05, 4.69) is 15.3 Å². The van der Waals surface area contributed by atoms with E-state index in [0.717, 1.165) is 0 Å². The summed E-state index contributed by atoms with van der Waals surface area (Å²) in [6, 6.07) is 4.80. The molecule has 0 saturated carbocycles. The Morgan fingerprint density at radius 3 is 2.72 bits per heavy atom. The molecule has 1 fully saturated rings. The highest BCUT2D eigenvalue weighted by molar-refractivity contribution is 6.03. The molecular formula is C27H33N5O4. The largest absolute Gasteiger partial charge is 0.479 e. The highest BCUT2D eigenvalue weighted by Gasteiger charge is 2.48. The summed E-state index contributed by atoms with van der Waals surface area (Å²) in [5.41, 5.74) is -2.54. The van der Waals surface area contributed by atoms with Crippen LogP contribution in [0.1, 0.15) is 106 Å². The van der Waals surface area contributed by atoms with Crippen molar-refractivity contribution in [3.8, 4) is 6.07 Å². The topological polar surface area (TPSA) is 141 Å². The van der Waals surface area contributed by atoms with Crippen LogP contribution in [0.5, 0.6) is 0 Å². The number of pyridine rings is 1. The fraction of sp³-hybridized carbons (Fsp3) is 0.519. The highest BCUT2D eigenvalue weighted by atomic mass is 16.5. The van der Waals surface area contributed by atoms with Crippen molar-refractivity contribution in [1.29, 1.82) is 5.26 Å². The zero-order valence-corrected chi connectivity index (χ0v) is 21.0. The van der Waals surface area contributed by atoms with Gasteiger partial charge >= 0.3 is 5.97 Å². The van der Waals surface area contributed by atoms with Crippen LogP contribution in [0.3, 0.4) is 0 Å². The average Bonchev–Trinajstić information content (AvgIpc) is 3.31. The van der Waals surface area contributed by atoms with Gasteiger partial charge in [0.2, 0.25) is 0 Å². The Kier molecular flexibility index (Phi) is 5.26. The number of aromatic nitrogens is 3. The Bertz CT molecular complexity index is 1440. The number of imidazole rings is 1. The minimum atomic E-state index is -2.05. The van der Waals surface area contributed by atoms with Crippen molar-refractivity contribution in [1.82, 2.24) is 15.0 Å². The van der Waals surface area contributed by atoms with Gasteiger partial charge in [-0.05, 0) is 75.9 Å². The minimum absolute atomic E-state index is 0.00184. The number of nitrogens with zero attached hydrogens (tertiary/aromatic N) is 3. The lowest BCUT2D eigenvalue weighted by Crippen LogP contribution is -2.51. The number of nitrogens with one attached hydrogen (secondary N) is 2. The number of aromatic amines is 1. The second-order valence-electron chi connectivity index (χ2n) is 10.9. The van der Waals surface area contributed by atoms with Crippen LogP contribution in [0, 0.1) is 16.7 Å². The summed E-state index contributed by atoms with van der Waals surface area (Å²) < 4.78 is 41.1. The number of carboxylic acids is 1. The number of carboxylic acid groups (broad SMARTS) is 1. The van der Waals surface area contributed by atoms with Gasteiger partial charge in [-0.25, -0.2) is 9.78 Å². The van der Waals surface area contributed by atoms with Crippen LogP contribution in [0.15, 0.2) is 24.4 Å². The van der Waals surface area contributed by atoms with Crippen LogP contribution in [0.25, 0.3) is 5.57 Å². The van der Waals surface area contributed by atoms with Gasteiger partial charge in [0.25, 0.3) is 5.91 Å². The molecule has 1 aliphatic heterocycles. The van der Waals surface area contributed by atoms with Crippen LogP contribution in [0.4, 0.5) is 5.69 Å². The van der Waals surface area contributed by atoms with E-state index < -0.39 is 41.3 Å². The van der Waals surface area contributed by atoms with E-state index in [-0.39, 0.29) is 53.3 Å². The van der Waals surface area contributed by atoms with Gasteiger partial charge in [-0.1, -0.05) is 19.9 Å². The zero-order chi connectivity index (χ0) is 29.8. The number of aliphatic carboxylic acids is 1. The third-order valence-electron chi connectivity index (χ3n) is 6.39. The number of carbonyl (C=O) groups excluding carboxylic acids is 1. The van der Waals surface area contributed by atoms with Gasteiger partial charge in [-0.15, -0.1) is 0 Å². The smallest absolute Gasteiger partial charge is 0.335 e. The number of nitriles is 1. The highest BCUT2D eigenvalue weighted by Crippen LogP contribution is 2.45. The van der Waals surface area contributed by atoms with Crippen LogP contribution >= 0.6 is 0 Å². The van der Waals surface area contributed by atoms with Crippen molar-refractivity contribution >= 4 is 23.1 Å². The molecule has 3 N–H and O–H groups in total. The molecular weight excluding hydrogens is 458 g/mol. The van der Waals surface area contributed by atoms with E-state index in [1.165, 1.54) is 13.1 Å². The van der Waals surface area contributed by atoms with Gasteiger partial charge in [0, 0.05) is 15.7 Å². The van der Waals surface area contributed by atoms with E-state index in [0.29, 0.717) is 12.1 Å². The summed E-state index contributed by atoms with van der Waals surface area (Å²) in [4.78, 5) is 36.3. The van der Waals surface area contributed by atoms with Crippen LogP contribution in [-0.4, -0.2) is 43.1 Å². The fourth-order valence-electron chi connectivity index (χ4n) is 4.67. The van der Waals surface area contributed by atoms with Crippen LogP contribution < -0.4 is 5.32 Å². The molecule has 1 amide bonds. The number of amides is 1. The molecule has 36 heavy (non-hydrogen) atoms. The number of H-pyrrole nitrogens is 1. The van der Waals surface area contributed by atoms with Crippen LogP contribution in [-0.2, 0) is 9.53 Å². The molecule has 3 atom stereocenters. The predicted molar refractivity (Wildman–Crippen MR) is 134 cm³/mol. The van der Waals surface area contributed by atoms with Crippen molar-refractivity contribution in [2.45, 2.75) is 83.8 Å². The molecule has 3 heterocycles. The van der Waals surface area contributed by atoms with Gasteiger partial charge < -0.3 is 20.1 Å². The summed E-state index contributed by atoms with van der Waals surface area (Å²) in [7, 11) is 0. The summed E-state index contributed by atoms with van der Waals surface area (Å²) in [5.74, 6) is -2.33. The number of hydrogen-bond donors (Lipinski definition) is 3. The molecule has 1 aliphatic carbocycles. The van der Waals surface area contributed by atoms with Gasteiger partial charge in [0.15, 0.2) is 11.4 Å². The lowest BCUT2D eigenvalue weighted by molar-refractivity contribution is -0.200. The number of hydrogen-bond acceptors (Lipinski definition) is 6. The van der Waals surface area contributed by atoms with Crippen molar-refractivity contribution in [3.63, 3.8) is 0 Å². The first kappa shape index (κ1) is 20.7. The van der Waals surface area contributed by atoms with Crippen molar-refractivity contribution in [3.05, 3.63) is 47.3 Å². The molecule has 2 aliphatic rings. The molecule has 1 saturated heterocycles. The molecule has 3 unspecified atom stereocenters. The molecule has 9 nitrogen and oxygen atoms in total. The number of carbonyl (C=O) groups is 2. The second kappa shape index (κ2) is 9.17. The van der Waals surface area contributed by atoms with Gasteiger partial charge in [0.05, 0.1) is 24.5 Å². The number of rotatable bonds is 5. The standard InChI is InChI=1S/C27H33N5O4/c1-25(2)10-8-16(9-11-25)21-20(32-23(33)22-29-15-18(14-28)30-22)7-6-19(31-21)17-12-26(3,4)36-27(5,13-17)24(34)35/h6-8,15,17H,9-13H2,1-5H3,(H,29,30)(H,32,33)(H,34,35)/i8D,9D2,10D. The van der Waals surface area contributed by atoms with Crippen molar-refractivity contribution in [2.24, 2.45) is 5.41 Å². The normalized spacial score (nSPS) is 30.2. The third kappa shape index (κ3) is 5.34. The van der Waals surface area contributed by atoms with Gasteiger partial charge in [-0.2, -0.15) is 5.26 Å². The first-order valence-corrected chi connectivity index (χ1v) is 11.7.